The quantitative estimate of drug-likeness (QED) is 0.853. The molecule has 1 N–H and O–H groups in total. The van der Waals surface area contributed by atoms with Crippen LogP contribution in [-0.2, 0) is 4.79 Å². The number of piperidine rings is 2. The molecule has 120 valence electrons. The third-order valence-corrected chi connectivity index (χ3v) is 4.89. The summed E-state index contributed by atoms with van der Waals surface area (Å²) >= 11 is 0. The minimum atomic E-state index is -0.733. The molecule has 0 radical (unpaired) electrons. The van der Waals surface area contributed by atoms with Crippen molar-refractivity contribution in [2.45, 2.75) is 38.1 Å². The van der Waals surface area contributed by atoms with E-state index in [1.807, 2.05) is 16.8 Å². The Bertz CT molecular complexity index is 372. The maximum absolute atomic E-state index is 12.5. The van der Waals surface area contributed by atoms with Gasteiger partial charge in [0.1, 0.15) is 0 Å². The second kappa shape index (κ2) is 7.11. The molecule has 2 heterocycles. The summed E-state index contributed by atoms with van der Waals surface area (Å²) in [4.78, 5) is 29.3. The molecule has 0 bridgehead atoms. The number of amides is 2. The van der Waals surface area contributed by atoms with Crippen LogP contribution < -0.4 is 0 Å². The zero-order chi connectivity index (χ0) is 15.4. The van der Waals surface area contributed by atoms with Gasteiger partial charge < -0.3 is 19.8 Å². The van der Waals surface area contributed by atoms with Gasteiger partial charge in [0.2, 0.25) is 0 Å². The van der Waals surface area contributed by atoms with Gasteiger partial charge >= 0.3 is 12.0 Å². The predicted molar refractivity (Wildman–Crippen MR) is 80.2 cm³/mol. The Morgan fingerprint density at radius 3 is 2.19 bits per heavy atom. The molecule has 21 heavy (non-hydrogen) atoms. The summed E-state index contributed by atoms with van der Waals surface area (Å²) in [6.45, 7) is 3.47. The number of likely N-dealkylation sites (tertiary alicyclic amines) is 2. The summed E-state index contributed by atoms with van der Waals surface area (Å²) in [5, 5.41) is 8.83. The highest BCUT2D eigenvalue weighted by Gasteiger charge is 2.30. The number of urea groups is 1. The lowest BCUT2D eigenvalue weighted by molar-refractivity contribution is -0.138. The number of carbonyl (C=O) groups is 2. The molecule has 0 aliphatic carbocycles. The standard InChI is InChI=1S/C15H27N3O3/c1-16-7-5-13(6-8-16)17(2)15(21)18-9-3-12(4-10-18)11-14(19)20/h12-13H,3-11H2,1-2H3,(H,19,20). The molecule has 0 atom stereocenters. The first-order valence-electron chi connectivity index (χ1n) is 7.89. The van der Waals surface area contributed by atoms with Crippen molar-refractivity contribution in [2.24, 2.45) is 5.92 Å². The average Bonchev–Trinajstić information content (AvgIpc) is 2.47. The zero-order valence-corrected chi connectivity index (χ0v) is 13.1. The number of carbonyl (C=O) groups excluding carboxylic acids is 1. The van der Waals surface area contributed by atoms with Gasteiger partial charge in [-0.05, 0) is 51.7 Å². The van der Waals surface area contributed by atoms with E-state index in [1.54, 1.807) is 0 Å². The zero-order valence-electron chi connectivity index (χ0n) is 13.1. The van der Waals surface area contributed by atoms with Crippen LogP contribution in [0.25, 0.3) is 0 Å². The topological polar surface area (TPSA) is 64.1 Å². The largest absolute Gasteiger partial charge is 0.481 e. The highest BCUT2D eigenvalue weighted by molar-refractivity contribution is 5.74. The van der Waals surface area contributed by atoms with Crippen LogP contribution in [-0.4, -0.2) is 78.1 Å². The molecule has 0 aromatic heterocycles. The molecule has 2 fully saturated rings. The molecule has 2 saturated heterocycles. The Balaban J connectivity index is 1.79. The van der Waals surface area contributed by atoms with E-state index in [2.05, 4.69) is 11.9 Å². The third-order valence-electron chi connectivity index (χ3n) is 4.89. The van der Waals surface area contributed by atoms with Crippen LogP contribution >= 0.6 is 0 Å². The lowest BCUT2D eigenvalue weighted by Gasteiger charge is -2.39. The monoisotopic (exact) mass is 297 g/mol. The van der Waals surface area contributed by atoms with Gasteiger partial charge in [0.25, 0.3) is 0 Å². The minimum Gasteiger partial charge on any atom is -0.481 e. The molecule has 0 aromatic rings. The Morgan fingerprint density at radius 1 is 1.10 bits per heavy atom. The fourth-order valence-electron chi connectivity index (χ4n) is 3.34. The molecule has 0 spiro atoms. The van der Waals surface area contributed by atoms with Crippen molar-refractivity contribution >= 4 is 12.0 Å². The number of aliphatic carboxylic acids is 1. The van der Waals surface area contributed by atoms with Crippen molar-refractivity contribution < 1.29 is 14.7 Å². The molecule has 0 unspecified atom stereocenters. The van der Waals surface area contributed by atoms with E-state index in [4.69, 9.17) is 5.11 Å². The number of hydrogen-bond acceptors (Lipinski definition) is 3. The molecule has 0 aromatic carbocycles. The molecule has 0 saturated carbocycles. The van der Waals surface area contributed by atoms with Gasteiger partial charge in [-0.3, -0.25) is 4.79 Å². The molecule has 2 aliphatic heterocycles. The minimum absolute atomic E-state index is 0.110. The lowest BCUT2D eigenvalue weighted by Crippen LogP contribution is -2.51. The first kappa shape index (κ1) is 16.1. The predicted octanol–water partition coefficient (Wildman–Crippen LogP) is 1.32. The molecule has 2 aliphatic rings. The fourth-order valence-corrected chi connectivity index (χ4v) is 3.34. The van der Waals surface area contributed by atoms with Crippen molar-refractivity contribution in [1.82, 2.24) is 14.7 Å². The molecular weight excluding hydrogens is 270 g/mol. The van der Waals surface area contributed by atoms with Crippen molar-refractivity contribution in [1.29, 1.82) is 0 Å². The normalized spacial score (nSPS) is 22.3. The van der Waals surface area contributed by atoms with Crippen molar-refractivity contribution in [2.75, 3.05) is 40.3 Å². The summed E-state index contributed by atoms with van der Waals surface area (Å²) in [5.74, 6) is -0.511. The molecule has 6 heteroatoms. The number of rotatable bonds is 3. The van der Waals surface area contributed by atoms with Gasteiger partial charge in [0.15, 0.2) is 0 Å². The number of hydrogen-bond donors (Lipinski definition) is 1. The van der Waals surface area contributed by atoms with Crippen LogP contribution in [0.4, 0.5) is 4.79 Å². The summed E-state index contributed by atoms with van der Waals surface area (Å²) in [5.41, 5.74) is 0. The smallest absolute Gasteiger partial charge is 0.319 e. The van der Waals surface area contributed by atoms with Crippen LogP contribution in [0.3, 0.4) is 0 Å². The Kier molecular flexibility index (Phi) is 5.45. The van der Waals surface area contributed by atoms with Gasteiger partial charge in [-0.1, -0.05) is 0 Å². The SMILES string of the molecule is CN1CCC(N(C)C(=O)N2CCC(CC(=O)O)CC2)CC1. The van der Waals surface area contributed by atoms with Crippen LogP contribution in [0, 0.1) is 5.92 Å². The molecule has 2 amide bonds. The molecule has 2 rings (SSSR count). The first-order chi connectivity index (χ1) is 9.97. The summed E-state index contributed by atoms with van der Waals surface area (Å²) in [6.07, 6.45) is 3.91. The number of nitrogens with zero attached hydrogens (tertiary/aromatic N) is 3. The van der Waals surface area contributed by atoms with E-state index in [0.717, 1.165) is 38.8 Å². The summed E-state index contributed by atoms with van der Waals surface area (Å²) < 4.78 is 0. The Labute approximate surface area is 126 Å². The second-order valence-corrected chi connectivity index (χ2v) is 6.46. The number of carboxylic acids is 1. The van der Waals surface area contributed by atoms with E-state index in [9.17, 15) is 9.59 Å². The van der Waals surface area contributed by atoms with Crippen LogP contribution in [0.1, 0.15) is 32.1 Å². The average molecular weight is 297 g/mol. The maximum atomic E-state index is 12.5. The highest BCUT2D eigenvalue weighted by Crippen LogP contribution is 2.22. The van der Waals surface area contributed by atoms with Crippen LogP contribution in [0.5, 0.6) is 0 Å². The summed E-state index contributed by atoms with van der Waals surface area (Å²) in [6, 6.07) is 0.448. The van der Waals surface area contributed by atoms with E-state index in [-0.39, 0.29) is 18.4 Å². The number of carboxylic acid groups (broad SMARTS) is 1. The van der Waals surface area contributed by atoms with Gasteiger partial charge in [-0.25, -0.2) is 4.79 Å². The van der Waals surface area contributed by atoms with Gasteiger partial charge in [0.05, 0.1) is 0 Å². The van der Waals surface area contributed by atoms with Gasteiger partial charge in [-0.2, -0.15) is 0 Å². The fraction of sp³-hybridized carbons (Fsp3) is 0.867. The van der Waals surface area contributed by atoms with E-state index in [0.29, 0.717) is 19.1 Å². The molecule has 6 nitrogen and oxygen atoms in total. The van der Waals surface area contributed by atoms with Crippen molar-refractivity contribution in [3.05, 3.63) is 0 Å². The van der Waals surface area contributed by atoms with Gasteiger partial charge in [0, 0.05) is 32.6 Å². The van der Waals surface area contributed by atoms with Gasteiger partial charge in [-0.15, -0.1) is 0 Å². The maximum Gasteiger partial charge on any atom is 0.319 e. The van der Waals surface area contributed by atoms with Crippen LogP contribution in [0.2, 0.25) is 0 Å². The highest BCUT2D eigenvalue weighted by atomic mass is 16.4. The first-order valence-corrected chi connectivity index (χ1v) is 7.89. The van der Waals surface area contributed by atoms with Crippen LogP contribution in [0.15, 0.2) is 0 Å². The second-order valence-electron chi connectivity index (χ2n) is 6.46. The lowest BCUT2D eigenvalue weighted by atomic mass is 9.94. The Morgan fingerprint density at radius 2 is 1.67 bits per heavy atom. The van der Waals surface area contributed by atoms with Crippen molar-refractivity contribution in [3.8, 4) is 0 Å². The molecular formula is C15H27N3O3. The van der Waals surface area contributed by atoms with E-state index < -0.39 is 5.97 Å². The van der Waals surface area contributed by atoms with E-state index >= 15 is 0 Å². The Hall–Kier alpha value is -1.30. The van der Waals surface area contributed by atoms with Crippen molar-refractivity contribution in [3.63, 3.8) is 0 Å². The van der Waals surface area contributed by atoms with E-state index in [1.165, 1.54) is 0 Å². The third kappa shape index (κ3) is 4.33. The summed E-state index contributed by atoms with van der Waals surface area (Å²) in [7, 11) is 4.02.